The highest BCUT2D eigenvalue weighted by molar-refractivity contribution is 5.92. The molecular weight excluding hydrogens is 252 g/mol. The van der Waals surface area contributed by atoms with Crippen molar-refractivity contribution in [3.05, 3.63) is 29.3 Å². The molecule has 0 spiro atoms. The van der Waals surface area contributed by atoms with Gasteiger partial charge in [-0.2, -0.15) is 0 Å². The van der Waals surface area contributed by atoms with Crippen molar-refractivity contribution >= 4 is 17.4 Å². The van der Waals surface area contributed by atoms with Crippen LogP contribution in [0.15, 0.2) is 18.2 Å². The van der Waals surface area contributed by atoms with E-state index in [0.29, 0.717) is 25.0 Å². The molecule has 4 heteroatoms. The molecule has 4 nitrogen and oxygen atoms in total. The fraction of sp³-hybridized carbons (Fsp3) is 0.500. The number of benzene rings is 1. The van der Waals surface area contributed by atoms with E-state index in [1.807, 2.05) is 32.0 Å². The lowest BCUT2D eigenvalue weighted by Gasteiger charge is -2.25. The SMILES string of the molecule is Cc1cccc(C)c1NC(=O)CCN1CCC(=O)CC1. The van der Waals surface area contributed by atoms with Crippen molar-refractivity contribution in [3.8, 4) is 0 Å². The standard InChI is InChI=1S/C16H22N2O2/c1-12-4-3-5-13(2)16(12)17-15(20)8-11-18-9-6-14(19)7-10-18/h3-5H,6-11H2,1-2H3,(H,17,20). The Balaban J connectivity index is 1.82. The Labute approximate surface area is 120 Å². The van der Waals surface area contributed by atoms with Gasteiger partial charge < -0.3 is 10.2 Å². The predicted molar refractivity (Wildman–Crippen MR) is 79.8 cm³/mol. The number of para-hydroxylation sites is 1. The zero-order valence-electron chi connectivity index (χ0n) is 12.2. The van der Waals surface area contributed by atoms with Crippen molar-refractivity contribution in [2.45, 2.75) is 33.1 Å². The zero-order valence-corrected chi connectivity index (χ0v) is 12.2. The molecule has 1 amide bonds. The van der Waals surface area contributed by atoms with Crippen molar-refractivity contribution < 1.29 is 9.59 Å². The molecule has 1 fully saturated rings. The molecular formula is C16H22N2O2. The van der Waals surface area contributed by atoms with Gasteiger partial charge in [0.2, 0.25) is 5.91 Å². The van der Waals surface area contributed by atoms with E-state index in [9.17, 15) is 9.59 Å². The lowest BCUT2D eigenvalue weighted by molar-refractivity contribution is -0.121. The first kappa shape index (κ1) is 14.7. The number of piperidine rings is 1. The fourth-order valence-corrected chi connectivity index (χ4v) is 2.50. The van der Waals surface area contributed by atoms with Crippen LogP contribution < -0.4 is 5.32 Å². The van der Waals surface area contributed by atoms with Gasteiger partial charge >= 0.3 is 0 Å². The van der Waals surface area contributed by atoms with Gasteiger partial charge in [-0.25, -0.2) is 0 Å². The average Bonchev–Trinajstić information content (AvgIpc) is 2.42. The third-order valence-corrected chi connectivity index (χ3v) is 3.81. The second kappa shape index (κ2) is 6.66. The molecule has 20 heavy (non-hydrogen) atoms. The van der Waals surface area contributed by atoms with Crippen molar-refractivity contribution in [1.82, 2.24) is 4.90 Å². The highest BCUT2D eigenvalue weighted by Gasteiger charge is 2.16. The Bertz CT molecular complexity index is 481. The number of hydrogen-bond acceptors (Lipinski definition) is 3. The van der Waals surface area contributed by atoms with Crippen LogP contribution in [0.3, 0.4) is 0 Å². The minimum absolute atomic E-state index is 0.0410. The number of Topliss-reactive ketones (excluding diaryl/α,β-unsaturated/α-hetero) is 1. The molecule has 1 aromatic rings. The van der Waals surface area contributed by atoms with Gasteiger partial charge in [0.25, 0.3) is 0 Å². The molecule has 1 aromatic carbocycles. The molecule has 0 unspecified atom stereocenters. The number of aryl methyl sites for hydroxylation is 2. The van der Waals surface area contributed by atoms with E-state index in [1.54, 1.807) is 0 Å². The predicted octanol–water partition coefficient (Wildman–Crippen LogP) is 2.30. The van der Waals surface area contributed by atoms with Crippen LogP contribution in [0.25, 0.3) is 0 Å². The van der Waals surface area contributed by atoms with E-state index in [0.717, 1.165) is 36.4 Å². The molecule has 1 aliphatic heterocycles. The summed E-state index contributed by atoms with van der Waals surface area (Å²) in [5.74, 6) is 0.375. The van der Waals surface area contributed by atoms with Crippen LogP contribution in [0.2, 0.25) is 0 Å². The highest BCUT2D eigenvalue weighted by atomic mass is 16.1. The summed E-state index contributed by atoms with van der Waals surface area (Å²) in [5, 5.41) is 2.99. The molecule has 0 aromatic heterocycles. The molecule has 1 saturated heterocycles. The summed E-state index contributed by atoms with van der Waals surface area (Å²) in [5.41, 5.74) is 3.09. The quantitative estimate of drug-likeness (QED) is 0.916. The smallest absolute Gasteiger partial charge is 0.225 e. The van der Waals surface area contributed by atoms with Crippen LogP contribution in [-0.2, 0) is 9.59 Å². The largest absolute Gasteiger partial charge is 0.326 e. The van der Waals surface area contributed by atoms with Gasteiger partial charge in [0.1, 0.15) is 5.78 Å². The van der Waals surface area contributed by atoms with E-state index in [1.165, 1.54) is 0 Å². The Morgan fingerprint density at radius 2 is 1.80 bits per heavy atom. The number of anilines is 1. The van der Waals surface area contributed by atoms with Gasteiger partial charge in [-0.1, -0.05) is 18.2 Å². The molecule has 2 rings (SSSR count). The van der Waals surface area contributed by atoms with Crippen LogP contribution >= 0.6 is 0 Å². The number of nitrogens with zero attached hydrogens (tertiary/aromatic N) is 1. The fourth-order valence-electron chi connectivity index (χ4n) is 2.50. The first-order chi connectivity index (χ1) is 9.56. The topological polar surface area (TPSA) is 49.4 Å². The summed E-state index contributed by atoms with van der Waals surface area (Å²) >= 11 is 0. The molecule has 1 N–H and O–H groups in total. The summed E-state index contributed by atoms with van der Waals surface area (Å²) in [6.07, 6.45) is 1.72. The highest BCUT2D eigenvalue weighted by Crippen LogP contribution is 2.19. The number of ketones is 1. The number of carbonyl (C=O) groups is 2. The Hall–Kier alpha value is -1.68. The summed E-state index contributed by atoms with van der Waals surface area (Å²) in [4.78, 5) is 25.4. The summed E-state index contributed by atoms with van der Waals surface area (Å²) in [6, 6.07) is 5.99. The number of carbonyl (C=O) groups excluding carboxylic acids is 2. The second-order valence-electron chi connectivity index (χ2n) is 5.45. The lowest BCUT2D eigenvalue weighted by atomic mass is 10.1. The van der Waals surface area contributed by atoms with E-state index in [2.05, 4.69) is 10.2 Å². The van der Waals surface area contributed by atoms with E-state index in [-0.39, 0.29) is 5.91 Å². The minimum atomic E-state index is 0.0410. The molecule has 0 bridgehead atoms. The number of likely N-dealkylation sites (tertiary alicyclic amines) is 1. The molecule has 1 aliphatic rings. The van der Waals surface area contributed by atoms with Crippen LogP contribution in [0.4, 0.5) is 5.69 Å². The summed E-state index contributed by atoms with van der Waals surface area (Å²) in [6.45, 7) is 6.30. The summed E-state index contributed by atoms with van der Waals surface area (Å²) < 4.78 is 0. The number of hydrogen-bond donors (Lipinski definition) is 1. The Morgan fingerprint density at radius 1 is 1.20 bits per heavy atom. The van der Waals surface area contributed by atoms with Crippen LogP contribution in [-0.4, -0.2) is 36.2 Å². The third-order valence-electron chi connectivity index (χ3n) is 3.81. The monoisotopic (exact) mass is 274 g/mol. The van der Waals surface area contributed by atoms with Crippen LogP contribution in [0, 0.1) is 13.8 Å². The minimum Gasteiger partial charge on any atom is -0.326 e. The number of nitrogens with one attached hydrogen (secondary N) is 1. The van der Waals surface area contributed by atoms with Crippen LogP contribution in [0.5, 0.6) is 0 Å². The van der Waals surface area contributed by atoms with E-state index < -0.39 is 0 Å². The number of rotatable bonds is 4. The zero-order chi connectivity index (χ0) is 14.5. The third kappa shape index (κ3) is 3.90. The van der Waals surface area contributed by atoms with Gasteiger partial charge in [0.05, 0.1) is 0 Å². The van der Waals surface area contributed by atoms with E-state index >= 15 is 0 Å². The van der Waals surface area contributed by atoms with Crippen molar-refractivity contribution in [2.24, 2.45) is 0 Å². The van der Waals surface area contributed by atoms with E-state index in [4.69, 9.17) is 0 Å². The lowest BCUT2D eigenvalue weighted by Crippen LogP contribution is -2.35. The maximum atomic E-state index is 12.0. The van der Waals surface area contributed by atoms with Crippen molar-refractivity contribution in [2.75, 3.05) is 25.0 Å². The second-order valence-corrected chi connectivity index (χ2v) is 5.45. The molecule has 0 radical (unpaired) electrons. The Morgan fingerprint density at radius 3 is 2.40 bits per heavy atom. The van der Waals surface area contributed by atoms with Crippen molar-refractivity contribution in [3.63, 3.8) is 0 Å². The first-order valence-electron chi connectivity index (χ1n) is 7.16. The van der Waals surface area contributed by atoms with Crippen molar-refractivity contribution in [1.29, 1.82) is 0 Å². The normalized spacial score (nSPS) is 16.2. The van der Waals surface area contributed by atoms with Gasteiger partial charge in [-0.15, -0.1) is 0 Å². The average molecular weight is 274 g/mol. The molecule has 0 saturated carbocycles. The summed E-state index contributed by atoms with van der Waals surface area (Å²) in [7, 11) is 0. The number of amides is 1. The maximum absolute atomic E-state index is 12.0. The van der Waals surface area contributed by atoms with Gasteiger partial charge in [-0.05, 0) is 25.0 Å². The molecule has 108 valence electrons. The first-order valence-corrected chi connectivity index (χ1v) is 7.16. The van der Waals surface area contributed by atoms with Gasteiger partial charge in [-0.3, -0.25) is 9.59 Å². The Kier molecular flexibility index (Phi) is 4.90. The van der Waals surface area contributed by atoms with Crippen LogP contribution in [0.1, 0.15) is 30.4 Å². The molecule has 0 aliphatic carbocycles. The molecule has 1 heterocycles. The van der Waals surface area contributed by atoms with Gasteiger partial charge in [0.15, 0.2) is 0 Å². The van der Waals surface area contributed by atoms with Gasteiger partial charge in [0, 0.05) is 44.6 Å². The maximum Gasteiger partial charge on any atom is 0.225 e. The molecule has 0 atom stereocenters.